The van der Waals surface area contributed by atoms with Crippen molar-refractivity contribution in [2.45, 2.75) is 175 Å². The minimum Gasteiger partial charge on any atom is -0.497 e. The molecule has 0 heterocycles. The number of hydrogen-bond donors (Lipinski definition) is 6. The van der Waals surface area contributed by atoms with Crippen LogP contribution in [-0.2, 0) is 74.5 Å². The molecule has 0 unspecified atom stereocenters. The van der Waals surface area contributed by atoms with Gasteiger partial charge in [-0.15, -0.1) is 0 Å². The second kappa shape index (κ2) is 58.2. The molecule has 0 aliphatic heterocycles. The fraction of sp³-hybridized carbons (Fsp3) is 0.304. The summed E-state index contributed by atoms with van der Waals surface area (Å²) in [6, 6.07) is 67.7. The Bertz CT molecular complexity index is 6210. The lowest BCUT2D eigenvalue weighted by Gasteiger charge is -2.21. The third kappa shape index (κ3) is 35.0. The number of aryl methyl sites for hydroxylation is 14. The molecule has 1 aliphatic carbocycles. The molecule has 12 aromatic carbocycles. The van der Waals surface area contributed by atoms with Crippen molar-refractivity contribution < 1.29 is 106 Å². The van der Waals surface area contributed by atoms with Crippen molar-refractivity contribution in [1.29, 1.82) is 0 Å². The predicted molar refractivity (Wildman–Crippen MR) is 592 cm³/mol. The molecular weight excluding hydrogens is 1980 g/mol. The standard InChI is InChI=1S/C20H23NO3S.C19H23NO4S.C19H23NO3S.C18H19F2NO3S.C18H21NO4S.C18H21NO3S/c1-13-4-9-19(14(2)10-13)24-12-17-11-16(15-5-6-15)7-8-18(17)21(22)20(25)23-3;1-5-23-16-7-8-17(20(21)19(25)22-4)15(11-16)12-24-18-9-6-13(2)10-14(18)3;1-5-15-7-8-17(20(21)19(24)22-4)16(11-15)12-23-18-9-6-13(2)10-14(18)3;1-11-4-7-16(12(2)8-11)24-10-14-9-13(17(19)20)5-6-15(14)21(22)18(25)23-3;1-12-5-8-17(13(2)9-12)23-11-14-10-15(21-3)6-7-16(14)19(20)18(24)22-4;1-12-6-8-17(14(3)9-12)22-11-15-10-13(2)5-7-16(15)19(20)18(23)21-4/h4,7-11,15,22H,5-6,12H2,1-3H3;6-11,21H,5,12H2,1-4H3;6-11,21H,5,12H2,1-4H3;4-9,17,22H,10H2,1-3H3;5-10,20H,11H2,1-4H3;5-10,20H,11H2,1-4H3. The number of alkyl halides is 2. The molecule has 12 aromatic rings. The highest BCUT2D eigenvalue weighted by atomic mass is 32.1. The number of rotatable bonds is 30. The van der Waals surface area contributed by atoms with Gasteiger partial charge in [0.2, 0.25) is 0 Å². The van der Waals surface area contributed by atoms with Crippen molar-refractivity contribution in [2.75, 3.05) is 86.8 Å². The van der Waals surface area contributed by atoms with Crippen LogP contribution in [0.4, 0.5) is 42.9 Å². The van der Waals surface area contributed by atoms with Crippen molar-refractivity contribution >= 4 is 138 Å². The Kier molecular flexibility index (Phi) is 47.1. The maximum absolute atomic E-state index is 13.0. The fourth-order valence-electron chi connectivity index (χ4n) is 14.8. The second-order valence-corrected chi connectivity index (χ2v) is 36.2. The van der Waals surface area contributed by atoms with E-state index in [1.807, 2.05) is 210 Å². The lowest BCUT2D eigenvalue weighted by atomic mass is 10.1. The Morgan fingerprint density at radius 2 is 0.521 bits per heavy atom. The van der Waals surface area contributed by atoms with Crippen LogP contribution in [0.25, 0.3) is 0 Å². The zero-order valence-electron chi connectivity index (χ0n) is 86.3. The number of hydrogen-bond acceptors (Lipinski definition) is 26. The van der Waals surface area contributed by atoms with Gasteiger partial charge < -0.3 is 66.3 Å². The van der Waals surface area contributed by atoms with E-state index >= 15 is 0 Å². The van der Waals surface area contributed by atoms with Gasteiger partial charge in [-0.25, -0.2) is 8.78 Å². The third-order valence-corrected chi connectivity index (χ3v) is 24.7. The smallest absolute Gasteiger partial charge is 0.288 e. The molecule has 1 saturated carbocycles. The summed E-state index contributed by atoms with van der Waals surface area (Å²) in [4.78, 5) is 0. The highest BCUT2D eigenvalue weighted by Gasteiger charge is 2.28. The quantitative estimate of drug-likeness (QED) is 0.0180. The fourth-order valence-corrected chi connectivity index (χ4v) is 15.4. The van der Waals surface area contributed by atoms with Gasteiger partial charge in [0, 0.05) is 38.9 Å². The first-order valence-corrected chi connectivity index (χ1v) is 48.9. The average Bonchev–Trinajstić information content (AvgIpc) is 1.68. The van der Waals surface area contributed by atoms with E-state index in [2.05, 4.69) is 57.2 Å². The number of hydroxylamine groups is 6. The first kappa shape index (κ1) is 118. The maximum Gasteiger partial charge on any atom is 0.288 e. The van der Waals surface area contributed by atoms with E-state index in [0.29, 0.717) is 88.7 Å². The summed E-state index contributed by atoms with van der Waals surface area (Å²) in [5.41, 5.74) is 23.9. The lowest BCUT2D eigenvalue weighted by Crippen LogP contribution is -2.27. The summed E-state index contributed by atoms with van der Waals surface area (Å²) in [6.07, 6.45) is 0.707. The van der Waals surface area contributed by atoms with Gasteiger partial charge in [-0.05, 0) is 349 Å². The molecule has 26 nitrogen and oxygen atoms in total. The molecular formula is C112H130F2N6O20S6. The lowest BCUT2D eigenvalue weighted by molar-refractivity contribution is 0.151. The van der Waals surface area contributed by atoms with Crippen LogP contribution in [0.15, 0.2) is 218 Å². The number of benzene rings is 12. The molecule has 0 aromatic heterocycles. The second-order valence-electron chi connectivity index (χ2n) is 34.1. The largest absolute Gasteiger partial charge is 0.497 e. The normalized spacial score (nSPS) is 10.9. The van der Waals surface area contributed by atoms with Gasteiger partial charge in [-0.1, -0.05) is 155 Å². The third-order valence-electron chi connectivity index (χ3n) is 22.7. The molecule has 0 saturated heterocycles. The van der Waals surface area contributed by atoms with Crippen molar-refractivity contribution in [3.63, 3.8) is 0 Å². The molecule has 0 spiro atoms. The van der Waals surface area contributed by atoms with Gasteiger partial charge in [0.05, 0.1) is 90.5 Å². The predicted octanol–water partition coefficient (Wildman–Crippen LogP) is 27.1. The number of ether oxygens (including phenoxy) is 14. The van der Waals surface area contributed by atoms with Crippen LogP contribution in [0.2, 0.25) is 0 Å². The van der Waals surface area contributed by atoms with Crippen LogP contribution >= 0.6 is 73.3 Å². The van der Waals surface area contributed by atoms with Gasteiger partial charge in [0.15, 0.2) is 0 Å². The molecule has 0 radical (unpaired) electrons. The maximum atomic E-state index is 13.0. The molecule has 34 heteroatoms. The van der Waals surface area contributed by atoms with Crippen LogP contribution in [0.5, 0.6) is 46.0 Å². The zero-order chi connectivity index (χ0) is 107. The minimum absolute atomic E-state index is 0.00642. The van der Waals surface area contributed by atoms with Crippen LogP contribution in [-0.4, -0.2) is 119 Å². The Hall–Kier alpha value is -13.2. The van der Waals surface area contributed by atoms with Gasteiger partial charge in [0.1, 0.15) is 85.6 Å². The van der Waals surface area contributed by atoms with Crippen LogP contribution in [0.3, 0.4) is 0 Å². The number of nitrogens with zero attached hydrogens (tertiary/aromatic N) is 6. The minimum atomic E-state index is -2.63. The summed E-state index contributed by atoms with van der Waals surface area (Å²) < 4.78 is 102. The van der Waals surface area contributed by atoms with Crippen molar-refractivity contribution in [1.82, 2.24) is 0 Å². The molecule has 0 amide bonds. The zero-order valence-corrected chi connectivity index (χ0v) is 91.2. The van der Waals surface area contributed by atoms with Crippen LogP contribution in [0.1, 0.15) is 161 Å². The van der Waals surface area contributed by atoms with Gasteiger partial charge >= 0.3 is 0 Å². The Morgan fingerprint density at radius 1 is 0.281 bits per heavy atom. The summed E-state index contributed by atoms with van der Waals surface area (Å²) in [5, 5.41) is 65.9. The topological polar surface area (TPSA) is 270 Å². The van der Waals surface area contributed by atoms with E-state index in [4.69, 9.17) is 140 Å². The first-order valence-electron chi connectivity index (χ1n) is 46.4. The Balaban J connectivity index is 0.000000214. The molecule has 1 aliphatic rings. The molecule has 1 fully saturated rings. The SMILES string of the molecule is CCOc1ccc(N(O)C(=S)OC)c(COc2ccc(C)cc2C)c1.CCc1ccc(N(O)C(=S)OC)c(COc2ccc(C)cc2C)c1.COC(=S)N(O)c1ccc(C(F)F)cc1COc1ccc(C)cc1C.COC(=S)N(O)c1ccc(C)cc1COc1ccc(C)cc1C.COC(=S)N(O)c1ccc(C2CC2)cc1COc1ccc(C)cc1C.COC(=S)N(O)c1ccc(OC)cc1COc1ccc(C)cc1C. The molecule has 0 bridgehead atoms. The first-order chi connectivity index (χ1) is 69.6. The Labute approximate surface area is 887 Å². The number of thiocarbonyl (C=S) groups is 6. The molecule has 0 atom stereocenters. The van der Waals surface area contributed by atoms with Gasteiger partial charge in [-0.2, -0.15) is 30.4 Å². The van der Waals surface area contributed by atoms with E-state index in [9.17, 15) is 40.0 Å². The number of halogens is 2. The van der Waals surface area contributed by atoms with E-state index in [0.717, 1.165) is 138 Å². The summed E-state index contributed by atoms with van der Waals surface area (Å²) >= 11 is 29.9. The Morgan fingerprint density at radius 3 is 0.795 bits per heavy atom. The van der Waals surface area contributed by atoms with Crippen molar-refractivity contribution in [2.24, 2.45) is 0 Å². The van der Waals surface area contributed by atoms with E-state index in [1.54, 1.807) is 43.5 Å². The van der Waals surface area contributed by atoms with Crippen molar-refractivity contribution in [3.05, 3.63) is 341 Å². The van der Waals surface area contributed by atoms with E-state index in [1.165, 1.54) is 107 Å². The average molecular weight is 2110 g/mol. The summed E-state index contributed by atoms with van der Waals surface area (Å²) in [7, 11) is 10.00. The van der Waals surface area contributed by atoms with Gasteiger partial charge in [0.25, 0.3) is 37.5 Å². The molecule has 778 valence electrons. The van der Waals surface area contributed by atoms with Crippen LogP contribution in [0, 0.1) is 90.0 Å². The molecule has 146 heavy (non-hydrogen) atoms. The summed E-state index contributed by atoms with van der Waals surface area (Å²) in [6.45, 7) is 32.2. The highest BCUT2D eigenvalue weighted by Crippen LogP contribution is 2.43. The van der Waals surface area contributed by atoms with Crippen molar-refractivity contribution in [3.8, 4) is 46.0 Å². The van der Waals surface area contributed by atoms with E-state index in [-0.39, 0.29) is 62.1 Å². The number of methoxy groups -OCH3 is 7. The highest BCUT2D eigenvalue weighted by molar-refractivity contribution is 7.81. The van der Waals surface area contributed by atoms with Crippen LogP contribution < -0.4 is 68.3 Å². The summed E-state index contributed by atoms with van der Waals surface area (Å²) in [5.74, 6) is 6.68. The van der Waals surface area contributed by atoms with E-state index < -0.39 is 6.43 Å². The number of anilines is 6. The monoisotopic (exact) mass is 2110 g/mol. The van der Waals surface area contributed by atoms with Gasteiger partial charge in [-0.3, -0.25) is 31.2 Å². The molecule has 13 rings (SSSR count). The molecule has 6 N–H and O–H groups in total.